The molecule has 0 aliphatic rings. The minimum absolute atomic E-state index is 0.905. The number of hydrogen-bond donors (Lipinski definition) is 1. The van der Waals surface area contributed by atoms with Gasteiger partial charge in [0.2, 0.25) is 0 Å². The monoisotopic (exact) mass is 237 g/mol. The molecule has 0 amide bonds. The van der Waals surface area contributed by atoms with Crippen LogP contribution in [0, 0.1) is 0 Å². The van der Waals surface area contributed by atoms with Crippen LogP contribution < -0.4 is 5.32 Å². The van der Waals surface area contributed by atoms with E-state index in [1.165, 1.54) is 22.3 Å². The zero-order chi connectivity index (χ0) is 13.0. The molecule has 1 N–H and O–H groups in total. The molecular weight excluding hydrogens is 218 g/mol. The molecule has 0 fully saturated rings. The van der Waals surface area contributed by atoms with Crippen molar-refractivity contribution in [3.8, 4) is 11.1 Å². The van der Waals surface area contributed by atoms with Crippen molar-refractivity contribution in [3.63, 3.8) is 0 Å². The topological polar surface area (TPSA) is 12.0 Å². The fraction of sp³-hybridized carbons (Fsp3) is 0.176. The molecule has 2 aromatic carbocycles. The zero-order valence-corrected chi connectivity index (χ0v) is 11.0. The fourth-order valence-electron chi connectivity index (χ4n) is 2.11. The van der Waals surface area contributed by atoms with Gasteiger partial charge in [0, 0.05) is 6.54 Å². The maximum absolute atomic E-state index is 4.05. The van der Waals surface area contributed by atoms with Gasteiger partial charge in [-0.05, 0) is 36.2 Å². The molecule has 92 valence electrons. The smallest absolute Gasteiger partial charge is 0.0202 e. The van der Waals surface area contributed by atoms with E-state index in [1.807, 2.05) is 14.0 Å². The van der Waals surface area contributed by atoms with Gasteiger partial charge in [-0.3, -0.25) is 0 Å². The Hall–Kier alpha value is -1.86. The summed E-state index contributed by atoms with van der Waals surface area (Å²) >= 11 is 0. The minimum Gasteiger partial charge on any atom is -0.316 e. The number of nitrogens with one attached hydrogen (secondary N) is 1. The van der Waals surface area contributed by atoms with Crippen LogP contribution in [0.2, 0.25) is 0 Å². The summed E-state index contributed by atoms with van der Waals surface area (Å²) in [5.41, 5.74) is 6.12. The summed E-state index contributed by atoms with van der Waals surface area (Å²) in [5, 5.41) is 3.16. The summed E-state index contributed by atoms with van der Waals surface area (Å²) < 4.78 is 0. The molecule has 18 heavy (non-hydrogen) atoms. The summed E-state index contributed by atoms with van der Waals surface area (Å²) in [4.78, 5) is 0. The summed E-state index contributed by atoms with van der Waals surface area (Å²) in [6.07, 6.45) is 0. The molecule has 0 aliphatic heterocycles. The van der Waals surface area contributed by atoms with Gasteiger partial charge in [0.25, 0.3) is 0 Å². The second-order valence-electron chi connectivity index (χ2n) is 4.55. The predicted molar refractivity (Wildman–Crippen MR) is 79.3 cm³/mol. The number of rotatable bonds is 4. The molecule has 0 saturated carbocycles. The molecule has 0 bridgehead atoms. The van der Waals surface area contributed by atoms with Crippen LogP contribution >= 0.6 is 0 Å². The fourth-order valence-corrected chi connectivity index (χ4v) is 2.11. The van der Waals surface area contributed by atoms with Crippen LogP contribution in [-0.2, 0) is 6.54 Å². The SMILES string of the molecule is C=C(C)c1ccccc1-c1ccc(CNC)cc1. The van der Waals surface area contributed by atoms with Gasteiger partial charge in [0.05, 0.1) is 0 Å². The quantitative estimate of drug-likeness (QED) is 0.844. The Balaban J connectivity index is 2.39. The third kappa shape index (κ3) is 2.69. The first kappa shape index (κ1) is 12.6. The molecular formula is C17H19N. The minimum atomic E-state index is 0.905. The summed E-state index contributed by atoms with van der Waals surface area (Å²) in [7, 11) is 1.96. The van der Waals surface area contributed by atoms with Gasteiger partial charge in [-0.15, -0.1) is 0 Å². The predicted octanol–water partition coefficient (Wildman–Crippen LogP) is 4.11. The van der Waals surface area contributed by atoms with Gasteiger partial charge in [0.1, 0.15) is 0 Å². The van der Waals surface area contributed by atoms with Crippen molar-refractivity contribution in [2.45, 2.75) is 13.5 Å². The van der Waals surface area contributed by atoms with E-state index in [1.54, 1.807) is 0 Å². The van der Waals surface area contributed by atoms with Crippen molar-refractivity contribution in [2.24, 2.45) is 0 Å². The molecule has 0 aliphatic carbocycles. The lowest BCUT2D eigenvalue weighted by molar-refractivity contribution is 0.818. The molecule has 0 aromatic heterocycles. The largest absolute Gasteiger partial charge is 0.316 e. The number of benzene rings is 2. The second-order valence-corrected chi connectivity index (χ2v) is 4.55. The highest BCUT2D eigenvalue weighted by Gasteiger charge is 2.04. The molecule has 0 atom stereocenters. The van der Waals surface area contributed by atoms with Gasteiger partial charge in [0.15, 0.2) is 0 Å². The molecule has 2 aromatic rings. The molecule has 0 spiro atoms. The van der Waals surface area contributed by atoms with E-state index in [0.717, 1.165) is 12.1 Å². The Bertz CT molecular complexity index is 538. The van der Waals surface area contributed by atoms with Crippen molar-refractivity contribution in [1.29, 1.82) is 0 Å². The highest BCUT2D eigenvalue weighted by Crippen LogP contribution is 2.28. The summed E-state index contributed by atoms with van der Waals surface area (Å²) in [6, 6.07) is 17.1. The first-order chi connectivity index (χ1) is 8.72. The van der Waals surface area contributed by atoms with Gasteiger partial charge < -0.3 is 5.32 Å². The average Bonchev–Trinajstić information content (AvgIpc) is 2.40. The van der Waals surface area contributed by atoms with Crippen molar-refractivity contribution < 1.29 is 0 Å². The van der Waals surface area contributed by atoms with Crippen LogP contribution in [0.25, 0.3) is 16.7 Å². The van der Waals surface area contributed by atoms with E-state index in [-0.39, 0.29) is 0 Å². The molecule has 1 heteroatoms. The lowest BCUT2D eigenvalue weighted by Crippen LogP contribution is -2.04. The average molecular weight is 237 g/mol. The zero-order valence-electron chi connectivity index (χ0n) is 11.0. The maximum atomic E-state index is 4.05. The molecule has 0 radical (unpaired) electrons. The first-order valence-electron chi connectivity index (χ1n) is 6.21. The van der Waals surface area contributed by atoms with E-state index in [4.69, 9.17) is 0 Å². The third-order valence-corrected chi connectivity index (χ3v) is 3.03. The Kier molecular flexibility index (Phi) is 3.96. The van der Waals surface area contributed by atoms with Crippen LogP contribution in [0.1, 0.15) is 18.1 Å². The van der Waals surface area contributed by atoms with E-state index >= 15 is 0 Å². The molecule has 0 unspecified atom stereocenters. The molecule has 2 rings (SSSR count). The standard InChI is InChI=1S/C17H19N/c1-13(2)16-6-4-5-7-17(16)15-10-8-14(9-11-15)12-18-3/h4-11,18H,1,12H2,2-3H3. The first-order valence-corrected chi connectivity index (χ1v) is 6.21. The molecule has 0 saturated heterocycles. The molecule has 0 heterocycles. The number of allylic oxidation sites excluding steroid dienone is 1. The Morgan fingerprint density at radius 1 is 1.06 bits per heavy atom. The Morgan fingerprint density at radius 3 is 2.33 bits per heavy atom. The summed E-state index contributed by atoms with van der Waals surface area (Å²) in [5.74, 6) is 0. The summed E-state index contributed by atoms with van der Waals surface area (Å²) in [6.45, 7) is 7.00. The lowest BCUT2D eigenvalue weighted by Gasteiger charge is -2.10. The van der Waals surface area contributed by atoms with Gasteiger partial charge in [-0.2, -0.15) is 0 Å². The van der Waals surface area contributed by atoms with Gasteiger partial charge in [-0.1, -0.05) is 60.7 Å². The van der Waals surface area contributed by atoms with E-state index in [2.05, 4.69) is 60.4 Å². The van der Waals surface area contributed by atoms with E-state index < -0.39 is 0 Å². The normalized spacial score (nSPS) is 10.3. The third-order valence-electron chi connectivity index (χ3n) is 3.03. The van der Waals surface area contributed by atoms with Crippen LogP contribution in [-0.4, -0.2) is 7.05 Å². The van der Waals surface area contributed by atoms with Crippen molar-refractivity contribution in [3.05, 3.63) is 66.2 Å². The van der Waals surface area contributed by atoms with Crippen LogP contribution in [0.4, 0.5) is 0 Å². The molecule has 1 nitrogen and oxygen atoms in total. The van der Waals surface area contributed by atoms with Crippen molar-refractivity contribution >= 4 is 5.57 Å². The van der Waals surface area contributed by atoms with Gasteiger partial charge in [-0.25, -0.2) is 0 Å². The van der Waals surface area contributed by atoms with Crippen LogP contribution in [0.15, 0.2) is 55.1 Å². The van der Waals surface area contributed by atoms with Gasteiger partial charge >= 0.3 is 0 Å². The second kappa shape index (κ2) is 5.65. The maximum Gasteiger partial charge on any atom is 0.0202 e. The van der Waals surface area contributed by atoms with Crippen LogP contribution in [0.3, 0.4) is 0 Å². The highest BCUT2D eigenvalue weighted by molar-refractivity contribution is 5.79. The highest BCUT2D eigenvalue weighted by atomic mass is 14.8. The lowest BCUT2D eigenvalue weighted by atomic mass is 9.95. The Labute approximate surface area is 109 Å². The van der Waals surface area contributed by atoms with E-state index in [9.17, 15) is 0 Å². The van der Waals surface area contributed by atoms with Crippen molar-refractivity contribution in [1.82, 2.24) is 5.32 Å². The van der Waals surface area contributed by atoms with E-state index in [0.29, 0.717) is 0 Å². The number of hydrogen-bond acceptors (Lipinski definition) is 1. The van der Waals surface area contributed by atoms with Crippen LogP contribution in [0.5, 0.6) is 0 Å². The van der Waals surface area contributed by atoms with Crippen molar-refractivity contribution in [2.75, 3.05) is 7.05 Å². The Morgan fingerprint density at radius 2 is 1.72 bits per heavy atom.